The number of rotatable bonds is 4. The van der Waals surface area contributed by atoms with E-state index in [2.05, 4.69) is 4.90 Å². The Bertz CT molecular complexity index is 910. The minimum absolute atomic E-state index is 0.0159. The van der Waals surface area contributed by atoms with E-state index in [9.17, 15) is 14.7 Å². The van der Waals surface area contributed by atoms with Gasteiger partial charge in [0.2, 0.25) is 0 Å². The van der Waals surface area contributed by atoms with Gasteiger partial charge in [-0.2, -0.15) is 11.8 Å². The van der Waals surface area contributed by atoms with Crippen LogP contribution in [0.5, 0.6) is 0 Å². The lowest BCUT2D eigenvalue weighted by Gasteiger charge is -2.60. The first-order valence-electron chi connectivity index (χ1n) is 13.3. The zero-order valence-corrected chi connectivity index (χ0v) is 20.2. The normalized spacial score (nSPS) is 49.4. The van der Waals surface area contributed by atoms with E-state index < -0.39 is 23.8 Å². The molecule has 8 heteroatoms. The van der Waals surface area contributed by atoms with Gasteiger partial charge in [-0.25, -0.2) is 9.18 Å². The number of fused-ring (bicyclic) bond motifs is 5. The predicted octanol–water partition coefficient (Wildman–Crippen LogP) is 3.58. The first kappa shape index (κ1) is 22.1. The molecule has 0 spiro atoms. The zero-order chi connectivity index (χ0) is 23.1. The molecular formula is C26H34FNO5S. The molecule has 0 radical (unpaired) electrons. The van der Waals surface area contributed by atoms with Gasteiger partial charge in [-0.05, 0) is 68.5 Å². The van der Waals surface area contributed by atoms with E-state index in [0.717, 1.165) is 25.0 Å². The molecule has 11 atom stereocenters. The molecule has 1 N–H and O–H groups in total. The molecule has 3 aliphatic heterocycles. The highest BCUT2D eigenvalue weighted by atomic mass is 32.2. The Morgan fingerprint density at radius 3 is 2.68 bits per heavy atom. The number of thioether (sulfide) groups is 1. The summed E-state index contributed by atoms with van der Waals surface area (Å²) < 4.78 is 28.9. The van der Waals surface area contributed by atoms with Crippen LogP contribution in [0.2, 0.25) is 0 Å². The lowest BCUT2D eigenvalue weighted by atomic mass is 9.68. The molecule has 4 saturated carbocycles. The van der Waals surface area contributed by atoms with Crippen LogP contribution in [0.4, 0.5) is 4.39 Å². The van der Waals surface area contributed by atoms with Gasteiger partial charge in [-0.3, -0.25) is 4.79 Å². The summed E-state index contributed by atoms with van der Waals surface area (Å²) in [6.07, 6.45) is 9.56. The summed E-state index contributed by atoms with van der Waals surface area (Å²) in [5, 5.41) is 9.49. The van der Waals surface area contributed by atoms with Gasteiger partial charge in [-0.15, -0.1) is 0 Å². The van der Waals surface area contributed by atoms with Crippen molar-refractivity contribution < 1.29 is 28.6 Å². The number of ether oxygens (including phenoxy) is 2. The summed E-state index contributed by atoms with van der Waals surface area (Å²) in [5.74, 6) is 0.398. The van der Waals surface area contributed by atoms with Gasteiger partial charge in [0.1, 0.15) is 11.7 Å². The Hall–Kier alpha value is -1.12. The fourth-order valence-electron chi connectivity index (χ4n) is 8.07. The Labute approximate surface area is 204 Å². The summed E-state index contributed by atoms with van der Waals surface area (Å²) in [6.45, 7) is 0. The molecule has 11 unspecified atom stereocenters. The SMILES string of the molecule is O=C(O)C1=CN2C3CC4OC5CCCCC5C4CC3OC3C(SCC4CC4)C(F)CC(C1=O)C32. The van der Waals surface area contributed by atoms with Crippen molar-refractivity contribution in [2.75, 3.05) is 5.75 Å². The molecule has 0 aromatic rings. The molecule has 3 heterocycles. The Kier molecular flexibility index (Phi) is 5.33. The van der Waals surface area contributed by atoms with Crippen LogP contribution >= 0.6 is 11.8 Å². The van der Waals surface area contributed by atoms with Crippen LogP contribution in [-0.4, -0.2) is 75.4 Å². The second kappa shape index (κ2) is 8.20. The second-order valence-corrected chi connectivity index (χ2v) is 13.0. The quantitative estimate of drug-likeness (QED) is 0.603. The van der Waals surface area contributed by atoms with E-state index in [-0.39, 0.29) is 47.6 Å². The lowest BCUT2D eigenvalue weighted by molar-refractivity contribution is -0.198. The van der Waals surface area contributed by atoms with Crippen molar-refractivity contribution in [3.8, 4) is 0 Å². The molecule has 7 aliphatic rings. The van der Waals surface area contributed by atoms with Crippen LogP contribution in [0.1, 0.15) is 57.8 Å². The molecule has 6 fully saturated rings. The number of carboxylic acid groups (broad SMARTS) is 1. The molecule has 0 aromatic carbocycles. The van der Waals surface area contributed by atoms with E-state index in [1.54, 1.807) is 18.0 Å². The predicted molar refractivity (Wildman–Crippen MR) is 124 cm³/mol. The van der Waals surface area contributed by atoms with E-state index in [4.69, 9.17) is 9.47 Å². The van der Waals surface area contributed by atoms with Crippen LogP contribution in [-0.2, 0) is 19.1 Å². The van der Waals surface area contributed by atoms with Crippen molar-refractivity contribution in [2.45, 2.75) is 106 Å². The van der Waals surface area contributed by atoms with Crippen molar-refractivity contribution >= 4 is 23.5 Å². The van der Waals surface area contributed by atoms with Gasteiger partial charge in [-0.1, -0.05) is 12.8 Å². The van der Waals surface area contributed by atoms with Crippen LogP contribution in [0, 0.1) is 23.7 Å². The van der Waals surface area contributed by atoms with Gasteiger partial charge in [0.25, 0.3) is 0 Å². The maximum atomic E-state index is 15.6. The highest BCUT2D eigenvalue weighted by Gasteiger charge is 2.61. The number of hydrogen-bond acceptors (Lipinski definition) is 6. The van der Waals surface area contributed by atoms with Crippen LogP contribution in [0.3, 0.4) is 0 Å². The molecule has 2 saturated heterocycles. The first-order chi connectivity index (χ1) is 16.5. The molecule has 0 bridgehead atoms. The molecule has 186 valence electrons. The van der Waals surface area contributed by atoms with Gasteiger partial charge in [0.05, 0.1) is 41.7 Å². The molecule has 34 heavy (non-hydrogen) atoms. The third-order valence-electron chi connectivity index (χ3n) is 9.84. The van der Waals surface area contributed by atoms with E-state index in [1.165, 1.54) is 32.1 Å². The van der Waals surface area contributed by atoms with Crippen LogP contribution < -0.4 is 0 Å². The number of nitrogens with zero attached hydrogens (tertiary/aromatic N) is 1. The fourth-order valence-corrected chi connectivity index (χ4v) is 9.63. The standard InChI is InChI=1S/C26H34FNO5S/c27-17-7-15-22-24(25(17)34-11-12-5-6-12)33-21-8-14-13-3-1-2-4-19(13)32-20(14)9-18(21)28(22)10-16(23(15)29)26(30)31/h10,12-15,17-22,24-25H,1-9,11H2,(H,30,31). The number of morpholine rings is 1. The minimum atomic E-state index is -1.21. The molecule has 0 aromatic heterocycles. The van der Waals surface area contributed by atoms with Gasteiger partial charge in [0, 0.05) is 12.1 Å². The number of ketones is 1. The molecule has 6 nitrogen and oxygen atoms in total. The molecule has 4 aliphatic carbocycles. The third-order valence-corrected chi connectivity index (χ3v) is 11.4. The first-order valence-corrected chi connectivity index (χ1v) is 14.4. The summed E-state index contributed by atoms with van der Waals surface area (Å²) in [4.78, 5) is 27.3. The number of carbonyl (C=O) groups excluding carboxylic acids is 1. The smallest absolute Gasteiger partial charge is 0.340 e. The average molecular weight is 492 g/mol. The Morgan fingerprint density at radius 1 is 1.06 bits per heavy atom. The van der Waals surface area contributed by atoms with Crippen LogP contribution in [0.15, 0.2) is 11.8 Å². The van der Waals surface area contributed by atoms with Gasteiger partial charge < -0.3 is 19.5 Å². The van der Waals surface area contributed by atoms with E-state index in [0.29, 0.717) is 23.9 Å². The summed E-state index contributed by atoms with van der Waals surface area (Å²) in [6, 6.07) is -0.293. The molecule has 0 amide bonds. The Balaban J connectivity index is 1.23. The highest BCUT2D eigenvalue weighted by Crippen LogP contribution is 2.54. The number of hydrogen-bond donors (Lipinski definition) is 1. The second-order valence-electron chi connectivity index (χ2n) is 11.8. The minimum Gasteiger partial charge on any atom is -0.478 e. The number of alkyl halides is 1. The van der Waals surface area contributed by atoms with Gasteiger partial charge >= 0.3 is 5.97 Å². The Morgan fingerprint density at radius 2 is 1.88 bits per heavy atom. The van der Waals surface area contributed by atoms with Crippen molar-refractivity contribution in [1.29, 1.82) is 0 Å². The van der Waals surface area contributed by atoms with Crippen LogP contribution in [0.25, 0.3) is 0 Å². The van der Waals surface area contributed by atoms with E-state index in [1.807, 2.05) is 0 Å². The van der Waals surface area contributed by atoms with Gasteiger partial charge in [0.15, 0.2) is 5.78 Å². The number of Topliss-reactive ketones (excluding diaryl/α,β-unsaturated/α-hetero) is 1. The fraction of sp³-hybridized carbons (Fsp3) is 0.846. The maximum absolute atomic E-state index is 15.6. The lowest BCUT2D eigenvalue weighted by Crippen LogP contribution is -2.71. The van der Waals surface area contributed by atoms with Crippen molar-refractivity contribution in [3.05, 3.63) is 11.8 Å². The third kappa shape index (κ3) is 3.41. The topological polar surface area (TPSA) is 76.1 Å². The summed E-state index contributed by atoms with van der Waals surface area (Å²) in [5.41, 5.74) is -0.194. The molecular weight excluding hydrogens is 457 g/mol. The zero-order valence-electron chi connectivity index (χ0n) is 19.4. The van der Waals surface area contributed by atoms with Crippen molar-refractivity contribution in [3.63, 3.8) is 0 Å². The van der Waals surface area contributed by atoms with Crippen molar-refractivity contribution in [1.82, 2.24) is 4.90 Å². The number of carbonyl (C=O) groups is 2. The average Bonchev–Trinajstić information content (AvgIpc) is 3.58. The largest absolute Gasteiger partial charge is 0.478 e. The number of aliphatic carboxylic acids is 1. The van der Waals surface area contributed by atoms with E-state index >= 15 is 4.39 Å². The maximum Gasteiger partial charge on any atom is 0.340 e. The monoisotopic (exact) mass is 491 g/mol. The number of carboxylic acids is 1. The summed E-state index contributed by atoms with van der Waals surface area (Å²) >= 11 is 1.69. The molecule has 7 rings (SSSR count). The summed E-state index contributed by atoms with van der Waals surface area (Å²) in [7, 11) is 0. The number of halogens is 1. The highest BCUT2D eigenvalue weighted by molar-refractivity contribution is 8.00. The van der Waals surface area contributed by atoms with Crippen molar-refractivity contribution in [2.24, 2.45) is 23.7 Å².